The predicted octanol–water partition coefficient (Wildman–Crippen LogP) is 3.26. The molecule has 0 aromatic carbocycles. The Morgan fingerprint density at radius 1 is 1.41 bits per heavy atom. The first-order valence-electron chi connectivity index (χ1n) is 9.34. The number of aromatic nitrogens is 1. The summed E-state index contributed by atoms with van der Waals surface area (Å²) in [5, 5.41) is 5.18. The second-order valence-electron chi connectivity index (χ2n) is 6.84. The van der Waals surface area contributed by atoms with Crippen LogP contribution in [0, 0.1) is 5.92 Å². The van der Waals surface area contributed by atoms with Crippen molar-refractivity contribution in [2.24, 2.45) is 11.7 Å². The molecule has 2 amide bonds. The smallest absolute Gasteiger partial charge is 0.311 e. The molecule has 0 saturated heterocycles. The highest BCUT2D eigenvalue weighted by Crippen LogP contribution is 2.39. The van der Waals surface area contributed by atoms with Crippen molar-refractivity contribution in [3.05, 3.63) is 27.1 Å². The number of carbonyl (C=O) groups is 3. The largest absolute Gasteiger partial charge is 0.466 e. The van der Waals surface area contributed by atoms with Crippen LogP contribution in [0.5, 0.6) is 0 Å². The summed E-state index contributed by atoms with van der Waals surface area (Å²) in [5.74, 6) is -0.310. The molecule has 1 aliphatic rings. The van der Waals surface area contributed by atoms with Crippen molar-refractivity contribution in [2.75, 3.05) is 17.7 Å². The normalized spacial score (nSPS) is 15.6. The molecule has 0 fully saturated rings. The molecule has 7 nitrogen and oxygen atoms in total. The standard InChI is InChI=1S/C19H23N3O4S3/c1-3-26-15(24)7-11-8-27-19(21-11)28-9-14(23)22-18-16(17(20)25)12-5-4-10(2)6-13(12)29-18/h8,10H,3-7,9H2,1-2H3,(H2,20,25)(H,22,23)/t10-/m0/s1. The Morgan fingerprint density at radius 3 is 2.93 bits per heavy atom. The molecule has 1 atom stereocenters. The van der Waals surface area contributed by atoms with Crippen molar-refractivity contribution >= 4 is 57.2 Å². The van der Waals surface area contributed by atoms with Crippen molar-refractivity contribution in [1.82, 2.24) is 4.98 Å². The predicted molar refractivity (Wildman–Crippen MR) is 116 cm³/mol. The van der Waals surface area contributed by atoms with E-state index in [1.807, 2.05) is 0 Å². The number of amides is 2. The van der Waals surface area contributed by atoms with Gasteiger partial charge in [0.05, 0.1) is 30.0 Å². The fraction of sp³-hybridized carbons (Fsp3) is 0.474. The van der Waals surface area contributed by atoms with E-state index in [1.165, 1.54) is 34.4 Å². The third kappa shape index (κ3) is 5.58. The molecule has 1 aliphatic carbocycles. The number of esters is 1. The van der Waals surface area contributed by atoms with Gasteiger partial charge in [0.2, 0.25) is 5.91 Å². The van der Waals surface area contributed by atoms with Crippen LogP contribution in [-0.2, 0) is 33.6 Å². The average Bonchev–Trinajstić information content (AvgIpc) is 3.23. The Balaban J connectivity index is 1.60. The van der Waals surface area contributed by atoms with Crippen molar-refractivity contribution in [2.45, 2.75) is 43.9 Å². The van der Waals surface area contributed by atoms with Gasteiger partial charge < -0.3 is 15.8 Å². The summed E-state index contributed by atoms with van der Waals surface area (Å²) in [4.78, 5) is 41.4. The molecule has 2 heterocycles. The number of thioether (sulfide) groups is 1. The number of nitrogens with one attached hydrogen (secondary N) is 1. The maximum absolute atomic E-state index is 12.4. The zero-order valence-electron chi connectivity index (χ0n) is 16.3. The first-order valence-corrected chi connectivity index (χ1v) is 12.0. The van der Waals surface area contributed by atoms with E-state index in [-0.39, 0.29) is 24.1 Å². The Labute approximate surface area is 181 Å². The number of thiophene rings is 1. The zero-order chi connectivity index (χ0) is 21.0. The maximum Gasteiger partial charge on any atom is 0.311 e. The Kier molecular flexibility index (Phi) is 7.31. The lowest BCUT2D eigenvalue weighted by molar-refractivity contribution is -0.142. The number of ether oxygens (including phenoxy) is 1. The summed E-state index contributed by atoms with van der Waals surface area (Å²) in [6.45, 7) is 4.28. The minimum absolute atomic E-state index is 0.123. The summed E-state index contributed by atoms with van der Waals surface area (Å²) < 4.78 is 5.61. The molecule has 0 radical (unpaired) electrons. The van der Waals surface area contributed by atoms with Gasteiger partial charge >= 0.3 is 5.97 Å². The number of nitrogens with two attached hydrogens (primary N) is 1. The Hall–Kier alpha value is -1.91. The van der Waals surface area contributed by atoms with Crippen molar-refractivity contribution in [1.29, 1.82) is 0 Å². The first-order chi connectivity index (χ1) is 13.9. The molecule has 0 aliphatic heterocycles. The van der Waals surface area contributed by atoms with E-state index in [0.717, 1.165) is 29.7 Å². The second kappa shape index (κ2) is 9.73. The molecule has 3 N–H and O–H groups in total. The van der Waals surface area contributed by atoms with Crippen LogP contribution in [0.25, 0.3) is 0 Å². The molecule has 156 valence electrons. The monoisotopic (exact) mass is 453 g/mol. The van der Waals surface area contributed by atoms with Gasteiger partial charge in [-0.05, 0) is 37.7 Å². The highest BCUT2D eigenvalue weighted by Gasteiger charge is 2.27. The molecule has 0 spiro atoms. The van der Waals surface area contributed by atoms with Gasteiger partial charge in [-0.1, -0.05) is 18.7 Å². The molecule has 10 heteroatoms. The number of rotatable bonds is 8. The molecular weight excluding hydrogens is 430 g/mol. The fourth-order valence-corrected chi connectivity index (χ4v) is 6.26. The molecule has 2 aromatic rings. The number of fused-ring (bicyclic) bond motifs is 1. The minimum atomic E-state index is -0.497. The van der Waals surface area contributed by atoms with E-state index >= 15 is 0 Å². The van der Waals surface area contributed by atoms with E-state index in [9.17, 15) is 14.4 Å². The van der Waals surface area contributed by atoms with Crippen LogP contribution in [0.3, 0.4) is 0 Å². The minimum Gasteiger partial charge on any atom is -0.466 e. The van der Waals surface area contributed by atoms with Gasteiger partial charge in [0.25, 0.3) is 5.91 Å². The van der Waals surface area contributed by atoms with Crippen molar-refractivity contribution in [3.8, 4) is 0 Å². The molecule has 2 aromatic heterocycles. The fourth-order valence-electron chi connectivity index (χ4n) is 3.19. The van der Waals surface area contributed by atoms with E-state index in [2.05, 4.69) is 17.2 Å². The highest BCUT2D eigenvalue weighted by molar-refractivity contribution is 8.01. The second-order valence-corrected chi connectivity index (χ2v) is 10.0. The van der Waals surface area contributed by atoms with Gasteiger partial charge in [-0.3, -0.25) is 14.4 Å². The van der Waals surface area contributed by atoms with Gasteiger partial charge in [0.15, 0.2) is 4.34 Å². The lowest BCUT2D eigenvalue weighted by atomic mass is 9.88. The zero-order valence-corrected chi connectivity index (χ0v) is 18.7. The van der Waals surface area contributed by atoms with Gasteiger partial charge in [-0.15, -0.1) is 22.7 Å². The lowest BCUT2D eigenvalue weighted by Crippen LogP contribution is -2.20. The molecule has 0 unspecified atom stereocenters. The van der Waals surface area contributed by atoms with Crippen molar-refractivity contribution < 1.29 is 19.1 Å². The summed E-state index contributed by atoms with van der Waals surface area (Å²) in [7, 11) is 0. The van der Waals surface area contributed by atoms with Gasteiger partial charge in [0, 0.05) is 10.3 Å². The Morgan fingerprint density at radius 2 is 2.21 bits per heavy atom. The SMILES string of the molecule is CCOC(=O)Cc1csc(SCC(=O)Nc2sc3c(c2C(N)=O)CC[C@H](C)C3)n1. The number of anilines is 1. The third-order valence-corrected chi connectivity index (χ3v) is 7.74. The number of primary amides is 1. The molecular formula is C19H23N3O4S3. The number of carbonyl (C=O) groups excluding carboxylic acids is 3. The maximum atomic E-state index is 12.4. The summed E-state index contributed by atoms with van der Waals surface area (Å²) in [6, 6.07) is 0. The number of hydrogen-bond acceptors (Lipinski definition) is 8. The van der Waals surface area contributed by atoms with Crippen molar-refractivity contribution in [3.63, 3.8) is 0 Å². The van der Waals surface area contributed by atoms with Crippen LogP contribution in [0.4, 0.5) is 5.00 Å². The summed E-state index contributed by atoms with van der Waals surface area (Å²) in [6.07, 6.45) is 2.87. The van der Waals surface area contributed by atoms with Crippen LogP contribution in [-0.4, -0.2) is 35.1 Å². The summed E-state index contributed by atoms with van der Waals surface area (Å²) >= 11 is 4.12. The third-order valence-electron chi connectivity index (χ3n) is 4.50. The van der Waals surface area contributed by atoms with Crippen LogP contribution >= 0.6 is 34.4 Å². The van der Waals surface area contributed by atoms with Crippen LogP contribution in [0.1, 0.15) is 46.8 Å². The number of thiazole rings is 1. The van der Waals surface area contributed by atoms with E-state index in [0.29, 0.717) is 33.1 Å². The quantitative estimate of drug-likeness (QED) is 0.469. The van der Waals surface area contributed by atoms with Crippen LogP contribution in [0.15, 0.2) is 9.72 Å². The van der Waals surface area contributed by atoms with E-state index in [1.54, 1.807) is 12.3 Å². The molecule has 0 bridgehead atoms. The number of hydrogen-bond donors (Lipinski definition) is 2. The van der Waals surface area contributed by atoms with Crippen LogP contribution < -0.4 is 11.1 Å². The van der Waals surface area contributed by atoms with Gasteiger partial charge in [-0.2, -0.15) is 0 Å². The van der Waals surface area contributed by atoms with E-state index < -0.39 is 5.91 Å². The van der Waals surface area contributed by atoms with Crippen LogP contribution in [0.2, 0.25) is 0 Å². The van der Waals surface area contributed by atoms with E-state index in [4.69, 9.17) is 10.5 Å². The first kappa shape index (κ1) is 21.8. The molecule has 3 rings (SSSR count). The van der Waals surface area contributed by atoms with Gasteiger partial charge in [-0.25, -0.2) is 4.98 Å². The number of nitrogens with zero attached hydrogens (tertiary/aromatic N) is 1. The topological polar surface area (TPSA) is 111 Å². The Bertz CT molecular complexity index is 922. The average molecular weight is 454 g/mol. The van der Waals surface area contributed by atoms with Gasteiger partial charge in [0.1, 0.15) is 5.00 Å². The highest BCUT2D eigenvalue weighted by atomic mass is 32.2. The molecule has 29 heavy (non-hydrogen) atoms. The lowest BCUT2D eigenvalue weighted by Gasteiger charge is -2.18. The molecule has 0 saturated carbocycles. The summed E-state index contributed by atoms with van der Waals surface area (Å²) in [5.41, 5.74) is 7.67.